The van der Waals surface area contributed by atoms with Gasteiger partial charge in [-0.25, -0.2) is 4.98 Å². The van der Waals surface area contributed by atoms with Crippen LogP contribution in [-0.4, -0.2) is 34.0 Å². The summed E-state index contributed by atoms with van der Waals surface area (Å²) in [7, 11) is 1.57. The Kier molecular flexibility index (Phi) is 6.04. The number of carbonyl (C=O) groups is 1. The first-order valence-electron chi connectivity index (χ1n) is 8.96. The summed E-state index contributed by atoms with van der Waals surface area (Å²) >= 11 is 1.28. The number of amides is 1. The molecule has 0 fully saturated rings. The first-order valence-corrected chi connectivity index (χ1v) is 9.94. The van der Waals surface area contributed by atoms with Crippen LogP contribution in [0.25, 0.3) is 11.4 Å². The minimum Gasteiger partial charge on any atom is -0.495 e. The number of rotatable bonds is 6. The summed E-state index contributed by atoms with van der Waals surface area (Å²) in [5.74, 6) is 1.38. The predicted molar refractivity (Wildman–Crippen MR) is 113 cm³/mol. The van der Waals surface area contributed by atoms with E-state index >= 15 is 0 Å². The van der Waals surface area contributed by atoms with E-state index in [4.69, 9.17) is 4.74 Å². The molecule has 7 heteroatoms. The lowest BCUT2D eigenvalue weighted by Crippen LogP contribution is -2.14. The number of methoxy groups -OCH3 is 1. The molecule has 146 valence electrons. The molecule has 3 rings (SSSR count). The number of nitrogens with zero attached hydrogens (tertiary/aromatic N) is 2. The Bertz CT molecular complexity index is 946. The zero-order valence-corrected chi connectivity index (χ0v) is 17.3. The summed E-state index contributed by atoms with van der Waals surface area (Å²) in [4.78, 5) is 16.7. The third-order valence-electron chi connectivity index (χ3n) is 4.20. The monoisotopic (exact) mass is 396 g/mol. The number of nitrogens with one attached hydrogen (secondary N) is 2. The first kappa shape index (κ1) is 19.9. The van der Waals surface area contributed by atoms with Crippen LogP contribution in [0.5, 0.6) is 5.75 Å². The number of hydrogen-bond acceptors (Lipinski definition) is 5. The van der Waals surface area contributed by atoms with Gasteiger partial charge in [-0.15, -0.1) is 5.10 Å². The van der Waals surface area contributed by atoms with Crippen molar-refractivity contribution in [2.24, 2.45) is 0 Å². The molecule has 2 aromatic carbocycles. The third kappa shape index (κ3) is 4.92. The summed E-state index contributed by atoms with van der Waals surface area (Å²) in [6, 6.07) is 15.6. The van der Waals surface area contributed by atoms with Crippen LogP contribution in [0.2, 0.25) is 0 Å². The second-order valence-corrected chi connectivity index (χ2v) is 8.27. The maximum atomic E-state index is 12.2. The number of H-pyrrole nitrogens is 1. The molecule has 0 radical (unpaired) electrons. The largest absolute Gasteiger partial charge is 0.495 e. The van der Waals surface area contributed by atoms with Crippen molar-refractivity contribution in [1.29, 1.82) is 0 Å². The molecule has 0 aliphatic rings. The number of carbonyl (C=O) groups excluding carboxylic acids is 1. The van der Waals surface area contributed by atoms with E-state index < -0.39 is 0 Å². The van der Waals surface area contributed by atoms with Gasteiger partial charge in [0.05, 0.1) is 18.6 Å². The van der Waals surface area contributed by atoms with Crippen molar-refractivity contribution in [2.45, 2.75) is 31.3 Å². The lowest BCUT2D eigenvalue weighted by atomic mass is 9.87. The van der Waals surface area contributed by atoms with E-state index in [1.165, 1.54) is 17.3 Å². The second-order valence-electron chi connectivity index (χ2n) is 7.33. The number of benzene rings is 2. The lowest BCUT2D eigenvalue weighted by Gasteiger charge is -2.18. The predicted octanol–water partition coefficient (Wildman–Crippen LogP) is 4.51. The smallest absolute Gasteiger partial charge is 0.234 e. The van der Waals surface area contributed by atoms with Crippen LogP contribution in [0, 0.1) is 0 Å². The highest BCUT2D eigenvalue weighted by Crippen LogP contribution is 2.26. The van der Waals surface area contributed by atoms with Crippen molar-refractivity contribution in [1.82, 2.24) is 15.2 Å². The standard InChI is InChI=1S/C21H24N4O2S/c1-21(2,3)15-11-9-14(10-12-15)19-23-20(25-24-19)28-13-18(26)22-16-7-5-6-8-17(16)27-4/h5-12H,13H2,1-4H3,(H,22,26)(H,23,24,25). The van der Waals surface area contributed by atoms with E-state index in [0.717, 1.165) is 5.56 Å². The average Bonchev–Trinajstić information content (AvgIpc) is 3.15. The summed E-state index contributed by atoms with van der Waals surface area (Å²) in [6.45, 7) is 6.55. The molecule has 6 nitrogen and oxygen atoms in total. The zero-order valence-electron chi connectivity index (χ0n) is 16.4. The zero-order chi connectivity index (χ0) is 20.1. The quantitative estimate of drug-likeness (QED) is 0.599. The average molecular weight is 397 g/mol. The topological polar surface area (TPSA) is 79.9 Å². The second kappa shape index (κ2) is 8.48. The normalized spacial score (nSPS) is 11.3. The lowest BCUT2D eigenvalue weighted by molar-refractivity contribution is -0.113. The molecule has 0 atom stereocenters. The van der Waals surface area contributed by atoms with E-state index in [1.807, 2.05) is 24.3 Å². The molecule has 28 heavy (non-hydrogen) atoms. The van der Waals surface area contributed by atoms with Crippen molar-refractivity contribution in [2.75, 3.05) is 18.2 Å². The summed E-state index contributed by atoms with van der Waals surface area (Å²) in [6.07, 6.45) is 0. The van der Waals surface area contributed by atoms with Crippen molar-refractivity contribution in [3.8, 4) is 17.1 Å². The van der Waals surface area contributed by atoms with Crippen molar-refractivity contribution in [3.63, 3.8) is 0 Å². The number of para-hydroxylation sites is 2. The van der Waals surface area contributed by atoms with Gasteiger partial charge in [-0.1, -0.05) is 68.9 Å². The molecule has 1 amide bonds. The first-order chi connectivity index (χ1) is 13.4. The highest BCUT2D eigenvalue weighted by Gasteiger charge is 2.14. The highest BCUT2D eigenvalue weighted by atomic mass is 32.2. The highest BCUT2D eigenvalue weighted by molar-refractivity contribution is 7.99. The number of thioether (sulfide) groups is 1. The molecule has 1 aromatic heterocycles. The molecular weight excluding hydrogens is 372 g/mol. The minimum atomic E-state index is -0.143. The molecule has 3 aromatic rings. The van der Waals surface area contributed by atoms with Crippen LogP contribution in [0.15, 0.2) is 53.7 Å². The molecule has 0 aliphatic carbocycles. The SMILES string of the molecule is COc1ccccc1NC(=O)CSc1n[nH]c(-c2ccc(C(C)(C)C)cc2)n1. The Morgan fingerprint density at radius 1 is 1.14 bits per heavy atom. The molecule has 0 saturated carbocycles. The summed E-state index contributed by atoms with van der Waals surface area (Å²) in [5, 5.41) is 10.5. The molecule has 0 unspecified atom stereocenters. The van der Waals surface area contributed by atoms with Gasteiger partial charge < -0.3 is 10.1 Å². The molecular formula is C21H24N4O2S. The van der Waals surface area contributed by atoms with Crippen molar-refractivity contribution >= 4 is 23.4 Å². The fourth-order valence-corrected chi connectivity index (χ4v) is 3.23. The molecule has 0 spiro atoms. The van der Waals surface area contributed by atoms with Gasteiger partial charge in [-0.05, 0) is 23.1 Å². The number of aromatic nitrogens is 3. The fraction of sp³-hybridized carbons (Fsp3) is 0.286. The number of hydrogen-bond donors (Lipinski definition) is 2. The number of aromatic amines is 1. The molecule has 0 bridgehead atoms. The van der Waals surface area contributed by atoms with E-state index in [-0.39, 0.29) is 17.1 Å². The Morgan fingerprint density at radius 2 is 1.86 bits per heavy atom. The van der Waals surface area contributed by atoms with Crippen LogP contribution >= 0.6 is 11.8 Å². The van der Waals surface area contributed by atoms with Gasteiger partial charge in [0.15, 0.2) is 5.82 Å². The van der Waals surface area contributed by atoms with Gasteiger partial charge in [0.1, 0.15) is 5.75 Å². The summed E-state index contributed by atoms with van der Waals surface area (Å²) < 4.78 is 5.24. The maximum absolute atomic E-state index is 12.2. The van der Waals surface area contributed by atoms with Gasteiger partial charge in [-0.2, -0.15) is 0 Å². The Labute approximate surface area is 169 Å². The molecule has 1 heterocycles. The molecule has 0 saturated heterocycles. The van der Waals surface area contributed by atoms with Gasteiger partial charge >= 0.3 is 0 Å². The van der Waals surface area contributed by atoms with Crippen molar-refractivity contribution in [3.05, 3.63) is 54.1 Å². The van der Waals surface area contributed by atoms with E-state index in [0.29, 0.717) is 22.4 Å². The van der Waals surface area contributed by atoms with E-state index in [1.54, 1.807) is 19.2 Å². The fourth-order valence-electron chi connectivity index (χ4n) is 2.63. The van der Waals surface area contributed by atoms with Crippen LogP contribution < -0.4 is 10.1 Å². The van der Waals surface area contributed by atoms with Crippen LogP contribution in [0.4, 0.5) is 5.69 Å². The van der Waals surface area contributed by atoms with Crippen LogP contribution in [0.1, 0.15) is 26.3 Å². The molecule has 2 N–H and O–H groups in total. The van der Waals surface area contributed by atoms with E-state index in [9.17, 15) is 4.79 Å². The Hall–Kier alpha value is -2.80. The van der Waals surface area contributed by atoms with Gasteiger partial charge in [0.2, 0.25) is 11.1 Å². The Balaban J connectivity index is 1.59. The minimum absolute atomic E-state index is 0.107. The van der Waals surface area contributed by atoms with E-state index in [2.05, 4.69) is 53.4 Å². The van der Waals surface area contributed by atoms with Gasteiger partial charge in [0, 0.05) is 5.56 Å². The summed E-state index contributed by atoms with van der Waals surface area (Å²) in [5.41, 5.74) is 2.98. The van der Waals surface area contributed by atoms with Gasteiger partial charge in [-0.3, -0.25) is 9.89 Å². The van der Waals surface area contributed by atoms with Crippen molar-refractivity contribution < 1.29 is 9.53 Å². The van der Waals surface area contributed by atoms with Crippen LogP contribution in [-0.2, 0) is 10.2 Å². The third-order valence-corrected chi connectivity index (χ3v) is 5.05. The maximum Gasteiger partial charge on any atom is 0.234 e. The molecule has 0 aliphatic heterocycles. The van der Waals surface area contributed by atoms with Crippen LogP contribution in [0.3, 0.4) is 0 Å². The Morgan fingerprint density at radius 3 is 2.54 bits per heavy atom. The number of anilines is 1. The van der Waals surface area contributed by atoms with Gasteiger partial charge in [0.25, 0.3) is 0 Å². The number of ether oxygens (including phenoxy) is 1.